The number of nitrogens with two attached hydrogens (primary N) is 1. The normalized spacial score (nSPS) is 26.1. The molecule has 2 N–H and O–H groups in total. The smallest absolute Gasteiger partial charge is 0.220 e. The van der Waals surface area contributed by atoms with Crippen LogP contribution in [0.1, 0.15) is 51.9 Å². The first-order chi connectivity index (χ1) is 7.16. The maximum Gasteiger partial charge on any atom is 0.220 e. The zero-order chi connectivity index (χ0) is 10.8. The van der Waals surface area contributed by atoms with Crippen molar-refractivity contribution in [2.45, 2.75) is 51.9 Å². The van der Waals surface area contributed by atoms with Gasteiger partial charge >= 0.3 is 0 Å². The highest BCUT2D eigenvalue weighted by Gasteiger charge is 2.29. The molecule has 84 valence electrons. The molecule has 1 fully saturated rings. The van der Waals surface area contributed by atoms with E-state index in [9.17, 15) is 4.79 Å². The molecule has 2 unspecified atom stereocenters. The monoisotopic (exact) mass is 207 g/mol. The first kappa shape index (κ1) is 10.7. The maximum absolute atomic E-state index is 10.9. The molecule has 0 aromatic rings. The number of amides is 1. The van der Waals surface area contributed by atoms with E-state index in [0.717, 1.165) is 18.8 Å². The first-order valence-electron chi connectivity index (χ1n) is 6.16. The van der Waals surface area contributed by atoms with Crippen molar-refractivity contribution in [2.24, 2.45) is 17.6 Å². The predicted octanol–water partition coefficient (Wildman–Crippen LogP) is 2.78. The number of carbonyl (C=O) groups excluding carboxylic acids is 1. The van der Waals surface area contributed by atoms with Gasteiger partial charge in [-0.15, -0.1) is 0 Å². The van der Waals surface area contributed by atoms with Crippen LogP contribution in [0.15, 0.2) is 11.1 Å². The van der Waals surface area contributed by atoms with E-state index in [1.165, 1.54) is 32.1 Å². The molecule has 0 aromatic carbocycles. The molecule has 1 saturated carbocycles. The number of allylic oxidation sites excluding steroid dienone is 2. The molecule has 15 heavy (non-hydrogen) atoms. The summed E-state index contributed by atoms with van der Waals surface area (Å²) in [4.78, 5) is 10.9. The van der Waals surface area contributed by atoms with E-state index in [2.05, 4.69) is 0 Å². The second kappa shape index (κ2) is 4.38. The third kappa shape index (κ3) is 2.42. The zero-order valence-electron chi connectivity index (χ0n) is 9.59. The Morgan fingerprint density at radius 1 is 1.53 bits per heavy atom. The number of hydrogen-bond donors (Lipinski definition) is 1. The zero-order valence-corrected chi connectivity index (χ0v) is 9.59. The minimum absolute atomic E-state index is 0.0502. The number of rotatable bonds is 5. The molecule has 2 atom stereocenters. The van der Waals surface area contributed by atoms with Gasteiger partial charge in [0, 0.05) is 5.92 Å². The summed E-state index contributed by atoms with van der Waals surface area (Å²) in [5.41, 5.74) is 8.69. The van der Waals surface area contributed by atoms with E-state index in [1.807, 2.05) is 6.92 Å². The summed E-state index contributed by atoms with van der Waals surface area (Å²) >= 11 is 0. The SMILES string of the molecule is CC(CCCC1=C2CCC(C1)C2)C(N)=O. The van der Waals surface area contributed by atoms with E-state index in [0.29, 0.717) is 0 Å². The Morgan fingerprint density at radius 3 is 2.87 bits per heavy atom. The largest absolute Gasteiger partial charge is 0.369 e. The Labute approximate surface area is 91.9 Å². The topological polar surface area (TPSA) is 43.1 Å². The molecule has 0 aromatic heterocycles. The van der Waals surface area contributed by atoms with Gasteiger partial charge in [0.25, 0.3) is 0 Å². The summed E-state index contributed by atoms with van der Waals surface area (Å²) in [7, 11) is 0. The summed E-state index contributed by atoms with van der Waals surface area (Å²) in [6.07, 6.45) is 8.80. The molecule has 1 amide bonds. The van der Waals surface area contributed by atoms with Gasteiger partial charge in [-0.2, -0.15) is 0 Å². The molecule has 2 nitrogen and oxygen atoms in total. The van der Waals surface area contributed by atoms with Gasteiger partial charge in [0.1, 0.15) is 0 Å². The third-order valence-electron chi connectivity index (χ3n) is 4.03. The van der Waals surface area contributed by atoms with Crippen LogP contribution in [0.25, 0.3) is 0 Å². The Hall–Kier alpha value is -0.790. The Morgan fingerprint density at radius 2 is 2.33 bits per heavy atom. The van der Waals surface area contributed by atoms with Crippen molar-refractivity contribution < 1.29 is 4.79 Å². The molecule has 2 aliphatic rings. The molecular formula is C13H21NO. The molecular weight excluding hydrogens is 186 g/mol. The van der Waals surface area contributed by atoms with E-state index in [-0.39, 0.29) is 11.8 Å². The van der Waals surface area contributed by atoms with E-state index >= 15 is 0 Å². The van der Waals surface area contributed by atoms with Crippen molar-refractivity contribution in [3.63, 3.8) is 0 Å². The Balaban J connectivity index is 1.73. The lowest BCUT2D eigenvalue weighted by molar-refractivity contribution is -0.121. The summed E-state index contributed by atoms with van der Waals surface area (Å²) < 4.78 is 0. The standard InChI is InChI=1S/C13H21NO/c1-9(13(14)15)3-2-4-11-7-10-5-6-12(11)8-10/h9-10H,2-8H2,1H3,(H2,14,15). The lowest BCUT2D eigenvalue weighted by Gasteiger charge is -2.12. The fourth-order valence-electron chi connectivity index (χ4n) is 2.96. The molecule has 0 aliphatic heterocycles. The lowest BCUT2D eigenvalue weighted by atomic mass is 9.93. The minimum atomic E-state index is -0.152. The molecule has 0 saturated heterocycles. The van der Waals surface area contributed by atoms with Gasteiger partial charge < -0.3 is 5.73 Å². The fraction of sp³-hybridized carbons (Fsp3) is 0.769. The average molecular weight is 207 g/mol. The van der Waals surface area contributed by atoms with Crippen LogP contribution in [-0.2, 0) is 4.79 Å². The molecule has 2 heteroatoms. The number of carbonyl (C=O) groups is 1. The second-order valence-corrected chi connectivity index (χ2v) is 5.22. The van der Waals surface area contributed by atoms with E-state index in [1.54, 1.807) is 11.1 Å². The van der Waals surface area contributed by atoms with Gasteiger partial charge in [0.15, 0.2) is 0 Å². The van der Waals surface area contributed by atoms with Crippen LogP contribution in [0.5, 0.6) is 0 Å². The highest BCUT2D eigenvalue weighted by Crippen LogP contribution is 2.45. The van der Waals surface area contributed by atoms with Crippen LogP contribution in [0.2, 0.25) is 0 Å². The molecule has 2 bridgehead atoms. The van der Waals surface area contributed by atoms with Gasteiger partial charge in [-0.05, 0) is 50.9 Å². The molecule has 0 spiro atoms. The van der Waals surface area contributed by atoms with Crippen LogP contribution in [0, 0.1) is 11.8 Å². The molecule has 0 radical (unpaired) electrons. The van der Waals surface area contributed by atoms with Crippen molar-refractivity contribution in [1.82, 2.24) is 0 Å². The van der Waals surface area contributed by atoms with Gasteiger partial charge in [0.2, 0.25) is 5.91 Å². The summed E-state index contributed by atoms with van der Waals surface area (Å²) in [6.45, 7) is 1.93. The van der Waals surface area contributed by atoms with E-state index < -0.39 is 0 Å². The predicted molar refractivity (Wildman–Crippen MR) is 61.2 cm³/mol. The third-order valence-corrected chi connectivity index (χ3v) is 4.03. The summed E-state index contributed by atoms with van der Waals surface area (Å²) in [5, 5.41) is 0. The average Bonchev–Trinajstić information content (AvgIpc) is 2.78. The molecule has 2 rings (SSSR count). The Kier molecular flexibility index (Phi) is 3.13. The quantitative estimate of drug-likeness (QED) is 0.692. The van der Waals surface area contributed by atoms with Gasteiger partial charge in [-0.25, -0.2) is 0 Å². The van der Waals surface area contributed by atoms with Crippen LogP contribution < -0.4 is 5.73 Å². The van der Waals surface area contributed by atoms with Crippen molar-refractivity contribution in [2.75, 3.05) is 0 Å². The van der Waals surface area contributed by atoms with Crippen molar-refractivity contribution in [1.29, 1.82) is 0 Å². The highest BCUT2D eigenvalue weighted by molar-refractivity contribution is 5.76. The first-order valence-corrected chi connectivity index (χ1v) is 6.16. The molecule has 0 heterocycles. The molecule has 2 aliphatic carbocycles. The number of hydrogen-bond acceptors (Lipinski definition) is 1. The summed E-state index contributed by atoms with van der Waals surface area (Å²) in [5.74, 6) is 0.873. The van der Waals surface area contributed by atoms with Gasteiger partial charge in [-0.3, -0.25) is 4.79 Å². The maximum atomic E-state index is 10.9. The van der Waals surface area contributed by atoms with Crippen molar-refractivity contribution in [3.8, 4) is 0 Å². The van der Waals surface area contributed by atoms with Crippen molar-refractivity contribution >= 4 is 5.91 Å². The van der Waals surface area contributed by atoms with Gasteiger partial charge in [0.05, 0.1) is 0 Å². The minimum Gasteiger partial charge on any atom is -0.369 e. The Bertz CT molecular complexity index is 293. The van der Waals surface area contributed by atoms with E-state index in [4.69, 9.17) is 5.73 Å². The van der Waals surface area contributed by atoms with Crippen molar-refractivity contribution in [3.05, 3.63) is 11.1 Å². The lowest BCUT2D eigenvalue weighted by Crippen LogP contribution is -2.20. The summed E-state index contributed by atoms with van der Waals surface area (Å²) in [6, 6.07) is 0. The fourth-order valence-corrected chi connectivity index (χ4v) is 2.96. The van der Waals surface area contributed by atoms with Gasteiger partial charge in [-0.1, -0.05) is 18.1 Å². The number of primary amides is 1. The van der Waals surface area contributed by atoms with Crippen LogP contribution in [0.3, 0.4) is 0 Å². The van der Waals surface area contributed by atoms with Crippen LogP contribution in [-0.4, -0.2) is 5.91 Å². The highest BCUT2D eigenvalue weighted by atomic mass is 16.1. The second-order valence-electron chi connectivity index (χ2n) is 5.22. The van der Waals surface area contributed by atoms with Crippen LogP contribution >= 0.6 is 0 Å². The van der Waals surface area contributed by atoms with Crippen LogP contribution in [0.4, 0.5) is 0 Å². The number of fused-ring (bicyclic) bond motifs is 2.